The molecule has 1 aliphatic rings. The molecular weight excluding hydrogens is 366 g/mol. The maximum absolute atomic E-state index is 10.5. The van der Waals surface area contributed by atoms with Gasteiger partial charge in [-0.3, -0.25) is 4.90 Å². The Morgan fingerprint density at radius 1 is 1.14 bits per heavy atom. The number of nitrogens with zero attached hydrogens (tertiary/aromatic N) is 2. The molecular formula is C23H37N3O3. The lowest BCUT2D eigenvalue weighted by Crippen LogP contribution is -2.47. The van der Waals surface area contributed by atoms with Crippen molar-refractivity contribution < 1.29 is 14.9 Å². The van der Waals surface area contributed by atoms with Crippen molar-refractivity contribution in [3.8, 4) is 5.75 Å². The lowest BCUT2D eigenvalue weighted by atomic mass is 9.95. The molecule has 162 valence electrons. The lowest BCUT2D eigenvalue weighted by molar-refractivity contribution is 0.0461. The van der Waals surface area contributed by atoms with Gasteiger partial charge in [0.05, 0.1) is 5.60 Å². The number of piperazine rings is 1. The largest absolute Gasteiger partial charge is 0.491 e. The summed E-state index contributed by atoms with van der Waals surface area (Å²) in [4.78, 5) is 4.58. The molecule has 0 spiro atoms. The molecule has 3 N–H and O–H groups in total. The van der Waals surface area contributed by atoms with Crippen molar-refractivity contribution in [3.05, 3.63) is 55.1 Å². The van der Waals surface area contributed by atoms with E-state index in [-0.39, 0.29) is 0 Å². The SMILES string of the molecule is C=CCC(O)(CC=C)CNCc1ccc(OC[C@H](O)CN2CCN(C)CC2)cc1. The summed E-state index contributed by atoms with van der Waals surface area (Å²) in [6.45, 7) is 13.6. The molecule has 1 aliphatic heterocycles. The molecule has 1 saturated heterocycles. The van der Waals surface area contributed by atoms with Crippen LogP contribution in [0.3, 0.4) is 0 Å². The molecule has 1 aromatic rings. The lowest BCUT2D eigenvalue weighted by Gasteiger charge is -2.33. The fraction of sp³-hybridized carbons (Fsp3) is 0.565. The van der Waals surface area contributed by atoms with Crippen LogP contribution in [-0.2, 0) is 6.54 Å². The molecule has 0 radical (unpaired) electrons. The Labute approximate surface area is 175 Å². The van der Waals surface area contributed by atoms with E-state index in [1.54, 1.807) is 12.2 Å². The minimum atomic E-state index is -0.841. The Hall–Kier alpha value is -1.70. The fourth-order valence-corrected chi connectivity index (χ4v) is 3.48. The van der Waals surface area contributed by atoms with Crippen LogP contribution in [0.15, 0.2) is 49.6 Å². The van der Waals surface area contributed by atoms with Crippen LogP contribution >= 0.6 is 0 Å². The molecule has 0 saturated carbocycles. The van der Waals surface area contributed by atoms with Crippen molar-refractivity contribution >= 4 is 0 Å². The van der Waals surface area contributed by atoms with E-state index in [1.807, 2.05) is 24.3 Å². The Morgan fingerprint density at radius 2 is 1.76 bits per heavy atom. The highest BCUT2D eigenvalue weighted by Crippen LogP contribution is 2.16. The summed E-state index contributed by atoms with van der Waals surface area (Å²) in [7, 11) is 2.12. The summed E-state index contributed by atoms with van der Waals surface area (Å²) in [6.07, 6.45) is 4.02. The zero-order chi connectivity index (χ0) is 21.1. The number of rotatable bonds is 13. The zero-order valence-electron chi connectivity index (χ0n) is 17.7. The number of hydrogen-bond acceptors (Lipinski definition) is 6. The van der Waals surface area contributed by atoms with E-state index in [0.717, 1.165) is 37.5 Å². The predicted molar refractivity (Wildman–Crippen MR) is 118 cm³/mol. The van der Waals surface area contributed by atoms with Crippen LogP contribution in [-0.4, -0.2) is 84.6 Å². The van der Waals surface area contributed by atoms with Gasteiger partial charge in [0.15, 0.2) is 0 Å². The first kappa shape index (κ1) is 23.6. The summed E-state index contributed by atoms with van der Waals surface area (Å²) < 4.78 is 5.74. The first-order valence-corrected chi connectivity index (χ1v) is 10.4. The van der Waals surface area contributed by atoms with E-state index in [0.29, 0.717) is 39.1 Å². The molecule has 2 rings (SSSR count). The first-order chi connectivity index (χ1) is 13.9. The van der Waals surface area contributed by atoms with Crippen LogP contribution in [0.1, 0.15) is 18.4 Å². The number of aliphatic hydroxyl groups is 2. The molecule has 6 heteroatoms. The number of ether oxygens (including phenoxy) is 1. The third-order valence-electron chi connectivity index (χ3n) is 5.26. The van der Waals surface area contributed by atoms with E-state index in [1.165, 1.54) is 0 Å². The van der Waals surface area contributed by atoms with Crippen molar-refractivity contribution in [1.82, 2.24) is 15.1 Å². The summed E-state index contributed by atoms with van der Waals surface area (Å²) in [5, 5.41) is 24.1. The van der Waals surface area contributed by atoms with Gasteiger partial charge in [0, 0.05) is 45.8 Å². The van der Waals surface area contributed by atoms with Gasteiger partial charge in [0.1, 0.15) is 18.5 Å². The second-order valence-corrected chi connectivity index (χ2v) is 8.03. The number of hydrogen-bond donors (Lipinski definition) is 3. The van der Waals surface area contributed by atoms with Crippen molar-refractivity contribution in [1.29, 1.82) is 0 Å². The highest BCUT2D eigenvalue weighted by molar-refractivity contribution is 5.27. The van der Waals surface area contributed by atoms with Gasteiger partial charge in [-0.1, -0.05) is 24.3 Å². The molecule has 0 unspecified atom stereocenters. The Bertz CT molecular complexity index is 602. The normalized spacial score (nSPS) is 17.1. The first-order valence-electron chi connectivity index (χ1n) is 10.4. The van der Waals surface area contributed by atoms with Gasteiger partial charge in [0.2, 0.25) is 0 Å². The average molecular weight is 404 g/mol. The third-order valence-corrected chi connectivity index (χ3v) is 5.26. The van der Waals surface area contributed by atoms with Gasteiger partial charge in [-0.05, 0) is 37.6 Å². The van der Waals surface area contributed by atoms with Crippen molar-refractivity contribution in [2.45, 2.75) is 31.1 Å². The molecule has 1 heterocycles. The second-order valence-electron chi connectivity index (χ2n) is 8.03. The number of likely N-dealkylation sites (N-methyl/N-ethyl adjacent to an activating group) is 1. The summed E-state index contributed by atoms with van der Waals surface area (Å²) in [5.41, 5.74) is 0.266. The van der Waals surface area contributed by atoms with E-state index in [9.17, 15) is 10.2 Å². The molecule has 0 aromatic heterocycles. The molecule has 0 bridgehead atoms. The van der Waals surface area contributed by atoms with Crippen LogP contribution in [0.4, 0.5) is 0 Å². The third kappa shape index (κ3) is 8.68. The van der Waals surface area contributed by atoms with Crippen molar-refractivity contribution in [3.63, 3.8) is 0 Å². The number of β-amino-alcohol motifs (C(OH)–C–C–N with tert-alkyl or cyclic N) is 1. The van der Waals surface area contributed by atoms with Crippen LogP contribution in [0.5, 0.6) is 5.75 Å². The van der Waals surface area contributed by atoms with Gasteiger partial charge in [0.25, 0.3) is 0 Å². The molecule has 1 atom stereocenters. The fourth-order valence-electron chi connectivity index (χ4n) is 3.48. The van der Waals surface area contributed by atoms with Crippen LogP contribution in [0, 0.1) is 0 Å². The molecule has 0 amide bonds. The average Bonchev–Trinajstić information content (AvgIpc) is 2.69. The monoisotopic (exact) mass is 403 g/mol. The van der Waals surface area contributed by atoms with E-state index in [4.69, 9.17) is 4.74 Å². The quantitative estimate of drug-likeness (QED) is 0.435. The van der Waals surface area contributed by atoms with E-state index >= 15 is 0 Å². The number of aliphatic hydroxyl groups excluding tert-OH is 1. The molecule has 6 nitrogen and oxygen atoms in total. The van der Waals surface area contributed by atoms with Gasteiger partial charge >= 0.3 is 0 Å². The minimum Gasteiger partial charge on any atom is -0.491 e. The summed E-state index contributed by atoms with van der Waals surface area (Å²) in [5.74, 6) is 0.751. The maximum Gasteiger partial charge on any atom is 0.119 e. The highest BCUT2D eigenvalue weighted by atomic mass is 16.5. The van der Waals surface area contributed by atoms with Gasteiger partial charge in [-0.2, -0.15) is 0 Å². The van der Waals surface area contributed by atoms with Gasteiger partial charge < -0.3 is 25.2 Å². The minimum absolute atomic E-state index is 0.292. The topological polar surface area (TPSA) is 68.2 Å². The highest BCUT2D eigenvalue weighted by Gasteiger charge is 2.23. The van der Waals surface area contributed by atoms with E-state index in [2.05, 4.69) is 35.3 Å². The number of nitrogens with one attached hydrogen (secondary N) is 1. The standard InChI is InChI=1S/C23H37N3O3/c1-4-10-23(28,11-5-2)19-24-16-20-6-8-22(9-7-20)29-18-21(27)17-26-14-12-25(3)13-15-26/h4-9,21,24,27-28H,1-2,10-19H2,3H3/t21-/m1/s1. The van der Waals surface area contributed by atoms with Gasteiger partial charge in [-0.25, -0.2) is 0 Å². The second kappa shape index (κ2) is 12.1. The molecule has 29 heavy (non-hydrogen) atoms. The number of benzene rings is 1. The van der Waals surface area contributed by atoms with Crippen LogP contribution in [0.25, 0.3) is 0 Å². The predicted octanol–water partition coefficient (Wildman–Crippen LogP) is 1.65. The van der Waals surface area contributed by atoms with E-state index < -0.39 is 11.7 Å². The summed E-state index contributed by atoms with van der Waals surface area (Å²) >= 11 is 0. The Morgan fingerprint density at radius 3 is 2.34 bits per heavy atom. The van der Waals surface area contributed by atoms with Crippen LogP contribution in [0.2, 0.25) is 0 Å². The summed E-state index contributed by atoms with van der Waals surface area (Å²) in [6, 6.07) is 7.82. The zero-order valence-corrected chi connectivity index (χ0v) is 17.7. The van der Waals surface area contributed by atoms with Crippen LogP contribution < -0.4 is 10.1 Å². The Kier molecular flexibility index (Phi) is 9.84. The van der Waals surface area contributed by atoms with Crippen molar-refractivity contribution in [2.75, 3.05) is 52.9 Å². The van der Waals surface area contributed by atoms with Gasteiger partial charge in [-0.15, -0.1) is 13.2 Å². The molecule has 0 aliphatic carbocycles. The molecule has 1 aromatic carbocycles. The molecule has 1 fully saturated rings. The maximum atomic E-state index is 10.5. The van der Waals surface area contributed by atoms with Crippen molar-refractivity contribution in [2.24, 2.45) is 0 Å². The Balaban J connectivity index is 1.69. The smallest absolute Gasteiger partial charge is 0.119 e.